The summed E-state index contributed by atoms with van der Waals surface area (Å²) in [6.07, 6.45) is 3.01. The first kappa shape index (κ1) is 15.9. The van der Waals surface area contributed by atoms with E-state index in [-0.39, 0.29) is 5.56 Å². The minimum absolute atomic E-state index is 0.269. The minimum atomic E-state index is -0.269. The number of H-pyrrole nitrogens is 1. The van der Waals surface area contributed by atoms with Gasteiger partial charge in [0.25, 0.3) is 5.56 Å². The highest BCUT2D eigenvalue weighted by atomic mass is 16.5. The minimum Gasteiger partial charge on any atom is -0.497 e. The van der Waals surface area contributed by atoms with Gasteiger partial charge in [-0.1, -0.05) is 0 Å². The molecular weight excluding hydrogens is 332 g/mol. The fourth-order valence-electron chi connectivity index (χ4n) is 2.75. The van der Waals surface area contributed by atoms with E-state index in [1.165, 1.54) is 11.0 Å². The van der Waals surface area contributed by atoms with E-state index < -0.39 is 0 Å². The highest BCUT2D eigenvalue weighted by Gasteiger charge is 2.11. The quantitative estimate of drug-likeness (QED) is 0.575. The Morgan fingerprint density at radius 2 is 1.81 bits per heavy atom. The lowest BCUT2D eigenvalue weighted by Crippen LogP contribution is -2.17. The maximum atomic E-state index is 12.7. The topological polar surface area (TPSA) is 81.5 Å². The Labute approximate surface area is 148 Å². The van der Waals surface area contributed by atoms with Gasteiger partial charge in [-0.05, 0) is 48.0 Å². The van der Waals surface area contributed by atoms with Crippen LogP contribution in [-0.4, -0.2) is 35.1 Å². The maximum Gasteiger partial charge on any atom is 0.298 e. The SMILES string of the molecule is COc1ccc(C=Nn2cnc3c([nH]c4ccc(OC)cc43)c2=O)cc1. The van der Waals surface area contributed by atoms with Gasteiger partial charge >= 0.3 is 0 Å². The molecule has 0 unspecified atom stereocenters. The Bertz CT molecular complexity index is 1170. The molecule has 0 amide bonds. The van der Waals surface area contributed by atoms with E-state index in [0.717, 1.165) is 22.2 Å². The van der Waals surface area contributed by atoms with Crippen molar-refractivity contribution in [3.8, 4) is 11.5 Å². The summed E-state index contributed by atoms with van der Waals surface area (Å²) >= 11 is 0. The maximum absolute atomic E-state index is 12.7. The zero-order valence-corrected chi connectivity index (χ0v) is 14.3. The molecule has 2 aromatic carbocycles. The van der Waals surface area contributed by atoms with Crippen LogP contribution in [0.4, 0.5) is 0 Å². The van der Waals surface area contributed by atoms with Crippen LogP contribution in [0.1, 0.15) is 5.56 Å². The Balaban J connectivity index is 1.76. The summed E-state index contributed by atoms with van der Waals surface area (Å²) in [5.74, 6) is 1.47. The molecule has 0 spiro atoms. The van der Waals surface area contributed by atoms with Crippen LogP contribution in [0.2, 0.25) is 0 Å². The number of aromatic nitrogens is 3. The van der Waals surface area contributed by atoms with Crippen LogP contribution >= 0.6 is 0 Å². The first-order chi connectivity index (χ1) is 12.7. The summed E-state index contributed by atoms with van der Waals surface area (Å²) in [7, 11) is 3.21. The van der Waals surface area contributed by atoms with Crippen molar-refractivity contribution in [3.63, 3.8) is 0 Å². The molecule has 4 aromatic rings. The third-order valence-electron chi connectivity index (χ3n) is 4.14. The lowest BCUT2D eigenvalue weighted by molar-refractivity contribution is 0.415. The molecule has 0 aliphatic heterocycles. The summed E-state index contributed by atoms with van der Waals surface area (Å²) < 4.78 is 11.6. The monoisotopic (exact) mass is 348 g/mol. The average Bonchev–Trinajstić information content (AvgIpc) is 3.06. The third kappa shape index (κ3) is 2.69. The number of hydrogen-bond acceptors (Lipinski definition) is 5. The zero-order valence-electron chi connectivity index (χ0n) is 14.3. The molecule has 2 heterocycles. The van der Waals surface area contributed by atoms with E-state index in [0.29, 0.717) is 16.8 Å². The molecule has 2 aromatic heterocycles. The second kappa shape index (κ2) is 6.36. The molecule has 1 N–H and O–H groups in total. The van der Waals surface area contributed by atoms with Crippen molar-refractivity contribution in [2.24, 2.45) is 5.10 Å². The molecule has 7 heteroatoms. The largest absolute Gasteiger partial charge is 0.497 e. The van der Waals surface area contributed by atoms with Crippen molar-refractivity contribution >= 4 is 28.2 Å². The smallest absolute Gasteiger partial charge is 0.298 e. The van der Waals surface area contributed by atoms with Crippen LogP contribution in [-0.2, 0) is 0 Å². The molecule has 0 saturated heterocycles. The molecule has 0 saturated carbocycles. The average molecular weight is 348 g/mol. The van der Waals surface area contributed by atoms with Crippen LogP contribution in [0.5, 0.6) is 11.5 Å². The first-order valence-corrected chi connectivity index (χ1v) is 7.95. The fraction of sp³-hybridized carbons (Fsp3) is 0.105. The third-order valence-corrected chi connectivity index (χ3v) is 4.14. The number of nitrogens with one attached hydrogen (secondary N) is 1. The number of hydrogen-bond donors (Lipinski definition) is 1. The van der Waals surface area contributed by atoms with Crippen molar-refractivity contribution in [2.45, 2.75) is 0 Å². The lowest BCUT2D eigenvalue weighted by Gasteiger charge is -2.00. The van der Waals surface area contributed by atoms with Crippen molar-refractivity contribution in [2.75, 3.05) is 14.2 Å². The molecule has 7 nitrogen and oxygen atoms in total. The number of benzene rings is 2. The Hall–Kier alpha value is -3.61. The van der Waals surface area contributed by atoms with Gasteiger partial charge in [0.05, 0.1) is 20.4 Å². The summed E-state index contributed by atoms with van der Waals surface area (Å²) in [6.45, 7) is 0. The van der Waals surface area contributed by atoms with Gasteiger partial charge in [0.15, 0.2) is 0 Å². The first-order valence-electron chi connectivity index (χ1n) is 7.95. The second-order valence-electron chi connectivity index (χ2n) is 5.67. The number of methoxy groups -OCH3 is 2. The normalized spacial score (nSPS) is 11.5. The molecular formula is C19H16N4O3. The number of ether oxygens (including phenoxy) is 2. The van der Waals surface area contributed by atoms with E-state index in [1.54, 1.807) is 20.4 Å². The summed E-state index contributed by atoms with van der Waals surface area (Å²) in [5.41, 5.74) is 2.40. The van der Waals surface area contributed by atoms with Crippen molar-refractivity contribution in [1.29, 1.82) is 0 Å². The van der Waals surface area contributed by atoms with Gasteiger partial charge in [0.2, 0.25) is 0 Å². The highest BCUT2D eigenvalue weighted by Crippen LogP contribution is 2.25. The number of fused-ring (bicyclic) bond motifs is 3. The highest BCUT2D eigenvalue weighted by molar-refractivity contribution is 6.04. The molecule has 130 valence electrons. The Morgan fingerprint density at radius 3 is 2.54 bits per heavy atom. The molecule has 4 rings (SSSR count). The zero-order chi connectivity index (χ0) is 18.1. The molecule has 0 bridgehead atoms. The molecule has 0 aliphatic rings. The molecule has 0 aliphatic carbocycles. The van der Waals surface area contributed by atoms with Gasteiger partial charge in [-0.3, -0.25) is 4.79 Å². The van der Waals surface area contributed by atoms with E-state index in [1.807, 2.05) is 42.5 Å². The molecule has 0 fully saturated rings. The van der Waals surface area contributed by atoms with Crippen molar-refractivity contribution < 1.29 is 9.47 Å². The van der Waals surface area contributed by atoms with Gasteiger partial charge < -0.3 is 14.5 Å². The van der Waals surface area contributed by atoms with Gasteiger partial charge in [-0.2, -0.15) is 9.78 Å². The lowest BCUT2D eigenvalue weighted by atomic mass is 10.2. The van der Waals surface area contributed by atoms with Crippen LogP contribution in [0.3, 0.4) is 0 Å². The Kier molecular flexibility index (Phi) is 3.89. The second-order valence-corrected chi connectivity index (χ2v) is 5.67. The van der Waals surface area contributed by atoms with Crippen LogP contribution in [0.15, 0.2) is 58.7 Å². The number of nitrogens with zero attached hydrogens (tertiary/aromatic N) is 3. The summed E-state index contributed by atoms with van der Waals surface area (Å²) in [4.78, 5) is 20.2. The summed E-state index contributed by atoms with van der Waals surface area (Å²) in [6, 6.07) is 12.9. The molecule has 26 heavy (non-hydrogen) atoms. The standard InChI is InChI=1S/C19H16N4O3/c1-25-13-5-3-12(4-6-13)10-21-23-11-20-17-15-9-14(26-2)7-8-16(15)22-18(17)19(23)24/h3-11,22H,1-2H3. The molecule has 0 radical (unpaired) electrons. The van der Waals surface area contributed by atoms with Crippen LogP contribution in [0, 0.1) is 0 Å². The number of rotatable bonds is 4. The van der Waals surface area contributed by atoms with Crippen molar-refractivity contribution in [3.05, 3.63) is 64.7 Å². The van der Waals surface area contributed by atoms with Gasteiger partial charge in [-0.15, -0.1) is 0 Å². The van der Waals surface area contributed by atoms with Gasteiger partial charge in [0.1, 0.15) is 28.9 Å². The predicted octanol–water partition coefficient (Wildman–Crippen LogP) is 2.78. The van der Waals surface area contributed by atoms with E-state index >= 15 is 0 Å². The van der Waals surface area contributed by atoms with E-state index in [4.69, 9.17) is 9.47 Å². The van der Waals surface area contributed by atoms with Crippen LogP contribution < -0.4 is 15.0 Å². The molecule has 0 atom stereocenters. The summed E-state index contributed by atoms with van der Waals surface area (Å²) in [5, 5.41) is 5.05. The van der Waals surface area contributed by atoms with Gasteiger partial charge in [-0.25, -0.2) is 4.98 Å². The Morgan fingerprint density at radius 1 is 1.08 bits per heavy atom. The van der Waals surface area contributed by atoms with Crippen molar-refractivity contribution in [1.82, 2.24) is 14.6 Å². The fourth-order valence-corrected chi connectivity index (χ4v) is 2.75. The van der Waals surface area contributed by atoms with E-state index in [2.05, 4.69) is 15.1 Å². The predicted molar refractivity (Wildman–Crippen MR) is 100 cm³/mol. The number of aromatic amines is 1. The van der Waals surface area contributed by atoms with E-state index in [9.17, 15) is 4.79 Å². The van der Waals surface area contributed by atoms with Crippen LogP contribution in [0.25, 0.3) is 21.9 Å². The van der Waals surface area contributed by atoms with Gasteiger partial charge in [0, 0.05) is 10.9 Å².